The standard InChI is InChI=1S/C23H21NO6S2/c1-16-9-10-18(23(13-16)31(25,26)27)12-11-17-5-2-3-8-22(17)32(28,29)30-21-7-4-6-19-14-24-15-20(19)21/h2-13,24H,14-15H2,1H3,(H,25,26,27). The van der Waals surface area contributed by atoms with Crippen molar-refractivity contribution >= 4 is 32.4 Å². The van der Waals surface area contributed by atoms with E-state index in [9.17, 15) is 21.4 Å². The number of benzene rings is 3. The van der Waals surface area contributed by atoms with E-state index in [1.807, 2.05) is 6.07 Å². The lowest BCUT2D eigenvalue weighted by molar-refractivity contribution is 0.480. The summed E-state index contributed by atoms with van der Waals surface area (Å²) in [6.07, 6.45) is 2.92. The normalized spacial score (nSPS) is 13.9. The van der Waals surface area contributed by atoms with Crippen molar-refractivity contribution in [3.05, 3.63) is 88.5 Å². The third-order valence-corrected chi connectivity index (χ3v) is 7.34. The molecule has 9 heteroatoms. The maximum absolute atomic E-state index is 13.1. The first-order valence-corrected chi connectivity index (χ1v) is 12.6. The lowest BCUT2D eigenvalue weighted by atomic mass is 10.1. The average Bonchev–Trinajstić information content (AvgIpc) is 3.22. The molecule has 0 unspecified atom stereocenters. The first-order chi connectivity index (χ1) is 15.1. The highest BCUT2D eigenvalue weighted by Crippen LogP contribution is 2.30. The minimum Gasteiger partial charge on any atom is -0.379 e. The summed E-state index contributed by atoms with van der Waals surface area (Å²) in [4.78, 5) is -0.307. The molecule has 32 heavy (non-hydrogen) atoms. The van der Waals surface area contributed by atoms with Crippen LogP contribution in [0.5, 0.6) is 5.75 Å². The van der Waals surface area contributed by atoms with Gasteiger partial charge in [0.25, 0.3) is 10.1 Å². The Kier molecular flexibility index (Phi) is 5.91. The Balaban J connectivity index is 1.71. The quantitative estimate of drug-likeness (QED) is 0.320. The van der Waals surface area contributed by atoms with Crippen LogP contribution in [-0.4, -0.2) is 21.4 Å². The van der Waals surface area contributed by atoms with Gasteiger partial charge in [-0.2, -0.15) is 16.8 Å². The van der Waals surface area contributed by atoms with Gasteiger partial charge in [-0.15, -0.1) is 0 Å². The van der Waals surface area contributed by atoms with E-state index in [1.165, 1.54) is 24.3 Å². The summed E-state index contributed by atoms with van der Waals surface area (Å²) in [6.45, 7) is 2.88. The van der Waals surface area contributed by atoms with E-state index in [4.69, 9.17) is 4.18 Å². The highest BCUT2D eigenvalue weighted by atomic mass is 32.2. The second-order valence-corrected chi connectivity index (χ2v) is 10.3. The summed E-state index contributed by atoms with van der Waals surface area (Å²) in [5.74, 6) is 0.276. The van der Waals surface area contributed by atoms with Crippen molar-refractivity contribution in [3.63, 3.8) is 0 Å². The molecule has 1 heterocycles. The minimum absolute atomic E-state index is 0.0553. The van der Waals surface area contributed by atoms with Crippen LogP contribution in [0.2, 0.25) is 0 Å². The summed E-state index contributed by atoms with van der Waals surface area (Å²) < 4.78 is 64.7. The molecule has 3 aromatic rings. The molecule has 0 saturated heterocycles. The molecule has 3 aromatic carbocycles. The number of nitrogens with one attached hydrogen (secondary N) is 1. The second-order valence-electron chi connectivity index (χ2n) is 7.42. The molecule has 0 atom stereocenters. The van der Waals surface area contributed by atoms with Crippen LogP contribution in [0.1, 0.15) is 27.8 Å². The maximum Gasteiger partial charge on any atom is 0.339 e. The molecule has 0 bridgehead atoms. The van der Waals surface area contributed by atoms with Crippen LogP contribution in [0.15, 0.2) is 70.5 Å². The van der Waals surface area contributed by atoms with Crippen molar-refractivity contribution in [1.82, 2.24) is 5.32 Å². The van der Waals surface area contributed by atoms with Crippen molar-refractivity contribution in [3.8, 4) is 5.75 Å². The molecule has 0 aliphatic carbocycles. The van der Waals surface area contributed by atoms with E-state index in [1.54, 1.807) is 49.4 Å². The Labute approximate surface area is 187 Å². The van der Waals surface area contributed by atoms with Crippen molar-refractivity contribution in [2.75, 3.05) is 0 Å². The molecule has 7 nitrogen and oxygen atoms in total. The van der Waals surface area contributed by atoms with Crippen LogP contribution in [0.25, 0.3) is 12.2 Å². The van der Waals surface area contributed by atoms with E-state index >= 15 is 0 Å². The van der Waals surface area contributed by atoms with Gasteiger partial charge < -0.3 is 9.50 Å². The van der Waals surface area contributed by atoms with Crippen molar-refractivity contribution in [2.45, 2.75) is 29.8 Å². The Morgan fingerprint density at radius 2 is 1.59 bits per heavy atom. The molecular weight excluding hydrogens is 450 g/mol. The summed E-state index contributed by atoms with van der Waals surface area (Å²) in [5, 5.41) is 3.17. The van der Waals surface area contributed by atoms with Gasteiger partial charge in [0.05, 0.1) is 0 Å². The van der Waals surface area contributed by atoms with E-state index in [0.29, 0.717) is 24.2 Å². The third kappa shape index (κ3) is 4.61. The van der Waals surface area contributed by atoms with Gasteiger partial charge in [-0.05, 0) is 47.4 Å². The molecule has 0 fully saturated rings. The zero-order chi connectivity index (χ0) is 22.9. The van der Waals surface area contributed by atoms with Gasteiger partial charge in [0.15, 0.2) is 0 Å². The first-order valence-electron chi connectivity index (χ1n) is 9.76. The lowest BCUT2D eigenvalue weighted by Gasteiger charge is -2.12. The van der Waals surface area contributed by atoms with Gasteiger partial charge in [0.2, 0.25) is 0 Å². The Morgan fingerprint density at radius 3 is 2.34 bits per heavy atom. The van der Waals surface area contributed by atoms with Crippen LogP contribution in [-0.2, 0) is 33.3 Å². The molecule has 0 spiro atoms. The summed E-state index contributed by atoms with van der Waals surface area (Å²) in [6, 6.07) is 16.1. The van der Waals surface area contributed by atoms with Crippen molar-refractivity contribution < 1.29 is 25.6 Å². The number of rotatable bonds is 6. The van der Waals surface area contributed by atoms with Crippen LogP contribution in [0.4, 0.5) is 0 Å². The molecule has 1 aliphatic rings. The SMILES string of the molecule is Cc1ccc(C=Cc2ccccc2S(=O)(=O)Oc2cccc3c2CNC3)c(S(=O)(=O)O)c1. The molecule has 0 saturated carbocycles. The number of hydrogen-bond donors (Lipinski definition) is 2. The molecule has 2 N–H and O–H groups in total. The van der Waals surface area contributed by atoms with E-state index < -0.39 is 20.2 Å². The van der Waals surface area contributed by atoms with Gasteiger partial charge in [0.1, 0.15) is 15.5 Å². The van der Waals surface area contributed by atoms with Gasteiger partial charge in [-0.25, -0.2) is 0 Å². The van der Waals surface area contributed by atoms with E-state index in [0.717, 1.165) is 11.1 Å². The first kappa shape index (κ1) is 22.2. The third-order valence-electron chi connectivity index (χ3n) is 5.12. The van der Waals surface area contributed by atoms with Gasteiger partial charge in [-0.3, -0.25) is 4.55 Å². The zero-order valence-electron chi connectivity index (χ0n) is 17.1. The fraction of sp³-hybridized carbons (Fsp3) is 0.130. The molecule has 0 radical (unpaired) electrons. The topological polar surface area (TPSA) is 110 Å². The largest absolute Gasteiger partial charge is 0.379 e. The molecule has 4 rings (SSSR count). The van der Waals surface area contributed by atoms with E-state index in [-0.39, 0.29) is 21.1 Å². The van der Waals surface area contributed by atoms with Crippen LogP contribution in [0, 0.1) is 6.92 Å². The fourth-order valence-corrected chi connectivity index (χ4v) is 5.49. The Morgan fingerprint density at radius 1 is 0.875 bits per heavy atom. The molecule has 166 valence electrons. The van der Waals surface area contributed by atoms with Gasteiger partial charge in [-0.1, -0.05) is 54.6 Å². The van der Waals surface area contributed by atoms with Gasteiger partial charge in [0, 0.05) is 18.7 Å². The van der Waals surface area contributed by atoms with Crippen LogP contribution < -0.4 is 9.50 Å². The number of fused-ring (bicyclic) bond motifs is 1. The molecular formula is C23H21NO6S2. The highest BCUT2D eigenvalue weighted by Gasteiger charge is 2.23. The predicted octanol–water partition coefficient (Wildman–Crippen LogP) is 3.78. The maximum atomic E-state index is 13.1. The molecule has 1 aliphatic heterocycles. The summed E-state index contributed by atoms with van der Waals surface area (Å²) >= 11 is 0. The monoisotopic (exact) mass is 471 g/mol. The Bertz CT molecular complexity index is 1430. The second kappa shape index (κ2) is 8.51. The average molecular weight is 472 g/mol. The molecule has 0 aromatic heterocycles. The minimum atomic E-state index is -4.45. The zero-order valence-corrected chi connectivity index (χ0v) is 18.8. The number of hydrogen-bond acceptors (Lipinski definition) is 6. The Hall–Kier alpha value is -2.98. The highest BCUT2D eigenvalue weighted by molar-refractivity contribution is 7.87. The smallest absolute Gasteiger partial charge is 0.339 e. The summed E-state index contributed by atoms with van der Waals surface area (Å²) in [7, 11) is -8.61. The lowest BCUT2D eigenvalue weighted by Crippen LogP contribution is -2.12. The predicted molar refractivity (Wildman–Crippen MR) is 121 cm³/mol. The van der Waals surface area contributed by atoms with Crippen LogP contribution >= 0.6 is 0 Å². The van der Waals surface area contributed by atoms with Crippen molar-refractivity contribution in [2.24, 2.45) is 0 Å². The van der Waals surface area contributed by atoms with Gasteiger partial charge >= 0.3 is 10.1 Å². The molecule has 0 amide bonds. The summed E-state index contributed by atoms with van der Waals surface area (Å²) in [5.41, 5.74) is 3.01. The van der Waals surface area contributed by atoms with Crippen molar-refractivity contribution in [1.29, 1.82) is 0 Å². The van der Waals surface area contributed by atoms with E-state index in [2.05, 4.69) is 5.32 Å². The fourth-order valence-electron chi connectivity index (χ4n) is 3.57. The number of aryl methyl sites for hydroxylation is 1. The van der Waals surface area contributed by atoms with Crippen LogP contribution in [0.3, 0.4) is 0 Å².